The highest BCUT2D eigenvalue weighted by Gasteiger charge is 2.31. The Bertz CT molecular complexity index is 525. The number of nitriles is 1. The fourth-order valence-corrected chi connectivity index (χ4v) is 2.69. The van der Waals surface area contributed by atoms with E-state index in [9.17, 15) is 4.79 Å². The van der Waals surface area contributed by atoms with Gasteiger partial charge in [0.2, 0.25) is 0 Å². The fraction of sp³-hybridized carbons (Fsp3) is 0.429. The van der Waals surface area contributed by atoms with Crippen LogP contribution in [0.25, 0.3) is 0 Å². The van der Waals surface area contributed by atoms with Crippen LogP contribution in [0.15, 0.2) is 18.2 Å². The topological polar surface area (TPSA) is 62.1 Å². The van der Waals surface area contributed by atoms with Gasteiger partial charge in [-0.3, -0.25) is 4.79 Å². The predicted molar refractivity (Wildman–Crippen MR) is 72.9 cm³/mol. The van der Waals surface area contributed by atoms with Crippen LogP contribution in [-0.2, 0) is 9.53 Å². The summed E-state index contributed by atoms with van der Waals surface area (Å²) in [6.45, 7) is 0. The Morgan fingerprint density at radius 2 is 2.32 bits per heavy atom. The molecule has 1 fully saturated rings. The van der Waals surface area contributed by atoms with Gasteiger partial charge in [0, 0.05) is 6.04 Å². The lowest BCUT2D eigenvalue weighted by Gasteiger charge is -2.16. The molecule has 19 heavy (non-hydrogen) atoms. The highest BCUT2D eigenvalue weighted by Crippen LogP contribution is 2.32. The summed E-state index contributed by atoms with van der Waals surface area (Å²) in [5.41, 5.74) is 1.18. The second kappa shape index (κ2) is 5.94. The van der Waals surface area contributed by atoms with Gasteiger partial charge >= 0.3 is 5.97 Å². The van der Waals surface area contributed by atoms with E-state index >= 15 is 0 Å². The predicted octanol–water partition coefficient (Wildman–Crippen LogP) is 2.97. The Morgan fingerprint density at radius 1 is 1.53 bits per heavy atom. The first kappa shape index (κ1) is 13.7. The van der Waals surface area contributed by atoms with Crippen molar-refractivity contribution in [3.8, 4) is 6.07 Å². The van der Waals surface area contributed by atoms with Crippen LogP contribution in [0.4, 0.5) is 5.69 Å². The summed E-state index contributed by atoms with van der Waals surface area (Å²) in [6, 6.07) is 7.48. The van der Waals surface area contributed by atoms with Crippen molar-refractivity contribution in [1.82, 2.24) is 0 Å². The number of halogens is 1. The molecule has 4 nitrogen and oxygen atoms in total. The zero-order chi connectivity index (χ0) is 13.8. The van der Waals surface area contributed by atoms with Crippen molar-refractivity contribution in [3.63, 3.8) is 0 Å². The largest absolute Gasteiger partial charge is 0.469 e. The number of carbonyl (C=O) groups is 1. The van der Waals surface area contributed by atoms with E-state index in [4.69, 9.17) is 21.6 Å². The average Bonchev–Trinajstić information content (AvgIpc) is 2.88. The molecule has 1 saturated carbocycles. The molecular formula is C14H15ClN2O2. The van der Waals surface area contributed by atoms with Gasteiger partial charge in [-0.1, -0.05) is 17.7 Å². The van der Waals surface area contributed by atoms with E-state index in [0.29, 0.717) is 22.7 Å². The summed E-state index contributed by atoms with van der Waals surface area (Å²) in [5.74, 6) is -0.223. The molecule has 0 unspecified atom stereocenters. The number of carbonyl (C=O) groups excluding carboxylic acids is 1. The van der Waals surface area contributed by atoms with Gasteiger partial charge in [-0.05, 0) is 31.4 Å². The third kappa shape index (κ3) is 2.99. The van der Waals surface area contributed by atoms with Crippen LogP contribution in [0.5, 0.6) is 0 Å². The molecule has 2 rings (SSSR count). The lowest BCUT2D eigenvalue weighted by molar-refractivity contribution is -0.145. The molecule has 0 heterocycles. The molecule has 5 heteroatoms. The lowest BCUT2D eigenvalue weighted by Crippen LogP contribution is -2.19. The van der Waals surface area contributed by atoms with Crippen LogP contribution in [0.1, 0.15) is 24.8 Å². The smallest absolute Gasteiger partial charge is 0.308 e. The van der Waals surface area contributed by atoms with E-state index in [2.05, 4.69) is 11.4 Å². The number of hydrogen-bond acceptors (Lipinski definition) is 4. The molecular weight excluding hydrogens is 264 g/mol. The number of nitrogens with one attached hydrogen (secondary N) is 1. The summed E-state index contributed by atoms with van der Waals surface area (Å²) < 4.78 is 4.76. The lowest BCUT2D eigenvalue weighted by atomic mass is 10.1. The standard InChI is InChI=1S/C14H15ClN2O2/c1-19-14(18)9-5-6-11(7-9)17-13-10(8-16)3-2-4-12(13)15/h2-4,9,11,17H,5-7H2,1H3/t9-,11+/m0/s1. The Balaban J connectivity index is 2.08. The molecule has 0 radical (unpaired) electrons. The van der Waals surface area contributed by atoms with Gasteiger partial charge in [0.1, 0.15) is 6.07 Å². The van der Waals surface area contributed by atoms with E-state index in [1.54, 1.807) is 18.2 Å². The van der Waals surface area contributed by atoms with Crippen LogP contribution >= 0.6 is 11.6 Å². The molecule has 0 saturated heterocycles. The van der Waals surface area contributed by atoms with Crippen LogP contribution in [0.2, 0.25) is 5.02 Å². The number of methoxy groups -OCH3 is 1. The molecule has 1 aromatic carbocycles. The Morgan fingerprint density at radius 3 is 3.00 bits per heavy atom. The van der Waals surface area contributed by atoms with Crippen molar-refractivity contribution >= 4 is 23.3 Å². The molecule has 0 aliphatic heterocycles. The monoisotopic (exact) mass is 278 g/mol. The van der Waals surface area contributed by atoms with Crippen LogP contribution < -0.4 is 5.32 Å². The van der Waals surface area contributed by atoms with Crippen molar-refractivity contribution < 1.29 is 9.53 Å². The second-order valence-corrected chi connectivity index (χ2v) is 5.06. The minimum absolute atomic E-state index is 0.0597. The number of esters is 1. The Hall–Kier alpha value is -1.73. The summed E-state index contributed by atoms with van der Waals surface area (Å²) in [7, 11) is 1.41. The maximum absolute atomic E-state index is 11.5. The summed E-state index contributed by atoms with van der Waals surface area (Å²) >= 11 is 6.11. The Labute approximate surface area is 117 Å². The van der Waals surface area contributed by atoms with E-state index in [-0.39, 0.29) is 17.9 Å². The van der Waals surface area contributed by atoms with Gasteiger partial charge in [0.15, 0.2) is 0 Å². The number of hydrogen-bond donors (Lipinski definition) is 1. The molecule has 1 aliphatic carbocycles. The number of benzene rings is 1. The zero-order valence-electron chi connectivity index (χ0n) is 10.6. The van der Waals surface area contributed by atoms with Gasteiger partial charge in [-0.15, -0.1) is 0 Å². The minimum atomic E-state index is -0.163. The van der Waals surface area contributed by atoms with Crippen LogP contribution in [0.3, 0.4) is 0 Å². The first-order valence-electron chi connectivity index (χ1n) is 6.18. The zero-order valence-corrected chi connectivity index (χ0v) is 11.4. The maximum atomic E-state index is 11.5. The normalized spacial score (nSPS) is 21.7. The van der Waals surface area contributed by atoms with Gasteiger partial charge < -0.3 is 10.1 Å². The first-order chi connectivity index (χ1) is 9.15. The molecule has 0 spiro atoms. The molecule has 2 atom stereocenters. The number of ether oxygens (including phenoxy) is 1. The quantitative estimate of drug-likeness (QED) is 0.864. The molecule has 0 bridgehead atoms. The molecule has 0 amide bonds. The number of para-hydroxylation sites is 1. The van der Waals surface area contributed by atoms with Gasteiger partial charge in [0.05, 0.1) is 29.3 Å². The van der Waals surface area contributed by atoms with E-state index < -0.39 is 0 Å². The highest BCUT2D eigenvalue weighted by molar-refractivity contribution is 6.33. The molecule has 1 N–H and O–H groups in total. The van der Waals surface area contributed by atoms with Crippen molar-refractivity contribution in [2.45, 2.75) is 25.3 Å². The van der Waals surface area contributed by atoms with Crippen molar-refractivity contribution in [2.24, 2.45) is 5.92 Å². The maximum Gasteiger partial charge on any atom is 0.308 e. The third-order valence-corrected chi connectivity index (χ3v) is 3.76. The number of nitrogens with zero attached hydrogens (tertiary/aromatic N) is 1. The van der Waals surface area contributed by atoms with Gasteiger partial charge in [-0.25, -0.2) is 0 Å². The summed E-state index contributed by atoms with van der Waals surface area (Å²) in [4.78, 5) is 11.5. The van der Waals surface area contributed by atoms with Crippen molar-refractivity contribution in [2.75, 3.05) is 12.4 Å². The van der Waals surface area contributed by atoms with Gasteiger partial charge in [0.25, 0.3) is 0 Å². The van der Waals surface area contributed by atoms with E-state index in [1.807, 2.05) is 0 Å². The van der Waals surface area contributed by atoms with Crippen molar-refractivity contribution in [1.29, 1.82) is 5.26 Å². The minimum Gasteiger partial charge on any atom is -0.469 e. The summed E-state index contributed by atoms with van der Waals surface area (Å²) in [6.07, 6.45) is 2.38. The van der Waals surface area contributed by atoms with E-state index in [0.717, 1.165) is 12.8 Å². The molecule has 1 aliphatic rings. The SMILES string of the molecule is COC(=O)[C@H]1CC[C@@H](Nc2c(Cl)cccc2C#N)C1. The van der Waals surface area contributed by atoms with Gasteiger partial charge in [-0.2, -0.15) is 5.26 Å². The first-order valence-corrected chi connectivity index (χ1v) is 6.56. The molecule has 100 valence electrons. The van der Waals surface area contributed by atoms with Crippen LogP contribution in [0, 0.1) is 17.2 Å². The Kier molecular flexibility index (Phi) is 4.28. The molecule has 0 aromatic heterocycles. The van der Waals surface area contributed by atoms with E-state index in [1.165, 1.54) is 7.11 Å². The third-order valence-electron chi connectivity index (χ3n) is 3.45. The average molecular weight is 279 g/mol. The highest BCUT2D eigenvalue weighted by atomic mass is 35.5. The van der Waals surface area contributed by atoms with Crippen LogP contribution in [-0.4, -0.2) is 19.1 Å². The second-order valence-electron chi connectivity index (χ2n) is 4.65. The number of rotatable bonds is 3. The fourth-order valence-electron chi connectivity index (χ4n) is 2.46. The summed E-state index contributed by atoms with van der Waals surface area (Å²) in [5, 5.41) is 12.9. The van der Waals surface area contributed by atoms with Crippen molar-refractivity contribution in [3.05, 3.63) is 28.8 Å². The molecule has 1 aromatic rings. The number of anilines is 1.